The quantitative estimate of drug-likeness (QED) is 0.925. The van der Waals surface area contributed by atoms with Crippen LogP contribution in [0.3, 0.4) is 0 Å². The zero-order chi connectivity index (χ0) is 12.3. The molecule has 88 valence electrons. The third kappa shape index (κ3) is 2.88. The van der Waals surface area contributed by atoms with E-state index in [0.717, 1.165) is 0 Å². The first-order chi connectivity index (χ1) is 8.20. The molecule has 0 bridgehead atoms. The van der Waals surface area contributed by atoms with Crippen molar-refractivity contribution in [3.05, 3.63) is 52.1 Å². The Morgan fingerprint density at radius 2 is 1.82 bits per heavy atom. The van der Waals surface area contributed by atoms with Crippen LogP contribution in [-0.4, -0.2) is 4.98 Å². The summed E-state index contributed by atoms with van der Waals surface area (Å²) in [5.74, 6) is 0.968. The van der Waals surface area contributed by atoms with Crippen molar-refractivity contribution in [3.8, 4) is 11.6 Å². The second kappa shape index (κ2) is 5.36. The first kappa shape index (κ1) is 12.2. The maximum atomic E-state index is 5.98. The predicted octanol–water partition coefficient (Wildman–Crippen LogP) is 3.64. The first-order valence-electron chi connectivity index (χ1n) is 4.98. The van der Waals surface area contributed by atoms with Gasteiger partial charge in [-0.2, -0.15) is 0 Å². The molecule has 0 unspecified atom stereocenters. The molecule has 1 heterocycles. The summed E-state index contributed by atoms with van der Waals surface area (Å²) >= 11 is 11.9. The highest BCUT2D eigenvalue weighted by atomic mass is 35.5. The maximum absolute atomic E-state index is 5.98. The largest absolute Gasteiger partial charge is 0.437 e. The lowest BCUT2D eigenvalue weighted by molar-refractivity contribution is 0.461. The van der Waals surface area contributed by atoms with E-state index in [1.165, 1.54) is 0 Å². The fourth-order valence-electron chi connectivity index (χ4n) is 1.30. The SMILES string of the molecule is NCc1nc(Oc2ccccc2Cl)ccc1Cl. The van der Waals surface area contributed by atoms with Crippen LogP contribution < -0.4 is 10.5 Å². The Bertz CT molecular complexity index is 532. The number of hydrogen-bond donors (Lipinski definition) is 1. The average molecular weight is 269 g/mol. The van der Waals surface area contributed by atoms with Crippen LogP contribution >= 0.6 is 23.2 Å². The highest BCUT2D eigenvalue weighted by molar-refractivity contribution is 6.32. The van der Waals surface area contributed by atoms with Crippen LogP contribution in [0, 0.1) is 0 Å². The number of rotatable bonds is 3. The third-order valence-corrected chi connectivity index (χ3v) is 2.79. The van der Waals surface area contributed by atoms with Gasteiger partial charge in [0.05, 0.1) is 15.7 Å². The third-order valence-electron chi connectivity index (χ3n) is 2.14. The van der Waals surface area contributed by atoms with Gasteiger partial charge in [-0.05, 0) is 18.2 Å². The van der Waals surface area contributed by atoms with Crippen LogP contribution in [0.25, 0.3) is 0 Å². The van der Waals surface area contributed by atoms with Gasteiger partial charge in [-0.1, -0.05) is 35.3 Å². The Morgan fingerprint density at radius 3 is 2.53 bits per heavy atom. The lowest BCUT2D eigenvalue weighted by Crippen LogP contribution is -2.01. The van der Waals surface area contributed by atoms with Crippen molar-refractivity contribution < 1.29 is 4.74 Å². The predicted molar refractivity (Wildman–Crippen MR) is 68.7 cm³/mol. The van der Waals surface area contributed by atoms with E-state index >= 15 is 0 Å². The van der Waals surface area contributed by atoms with E-state index in [1.54, 1.807) is 24.3 Å². The van der Waals surface area contributed by atoms with Gasteiger partial charge >= 0.3 is 0 Å². The number of nitrogens with two attached hydrogens (primary N) is 1. The van der Waals surface area contributed by atoms with Crippen molar-refractivity contribution >= 4 is 23.2 Å². The Labute approximate surface area is 109 Å². The minimum Gasteiger partial charge on any atom is -0.437 e. The Morgan fingerprint density at radius 1 is 1.06 bits per heavy atom. The number of benzene rings is 1. The molecular weight excluding hydrogens is 259 g/mol. The minimum absolute atomic E-state index is 0.262. The lowest BCUT2D eigenvalue weighted by Gasteiger charge is -2.08. The van der Waals surface area contributed by atoms with E-state index < -0.39 is 0 Å². The molecule has 1 aromatic heterocycles. The van der Waals surface area contributed by atoms with Crippen molar-refractivity contribution in [2.24, 2.45) is 5.73 Å². The lowest BCUT2D eigenvalue weighted by atomic mass is 10.3. The van der Waals surface area contributed by atoms with Crippen LogP contribution in [0.5, 0.6) is 11.6 Å². The molecule has 0 saturated carbocycles. The van der Waals surface area contributed by atoms with E-state index in [2.05, 4.69) is 4.98 Å². The highest BCUT2D eigenvalue weighted by Gasteiger charge is 2.06. The second-order valence-electron chi connectivity index (χ2n) is 3.31. The van der Waals surface area contributed by atoms with Gasteiger partial charge in [-0.3, -0.25) is 0 Å². The molecule has 1 aromatic carbocycles. The molecule has 0 fully saturated rings. The molecule has 0 amide bonds. The van der Waals surface area contributed by atoms with Gasteiger partial charge in [0.1, 0.15) is 5.75 Å². The van der Waals surface area contributed by atoms with Crippen LogP contribution in [0.1, 0.15) is 5.69 Å². The van der Waals surface area contributed by atoms with E-state index in [0.29, 0.717) is 27.4 Å². The standard InChI is InChI=1S/C12H10Cl2N2O/c13-8-5-6-12(16-10(8)7-15)17-11-4-2-1-3-9(11)14/h1-6H,7,15H2. The normalized spacial score (nSPS) is 10.3. The zero-order valence-corrected chi connectivity index (χ0v) is 10.4. The van der Waals surface area contributed by atoms with Crippen molar-refractivity contribution in [3.63, 3.8) is 0 Å². The van der Waals surface area contributed by atoms with Crippen LogP contribution in [0.15, 0.2) is 36.4 Å². The number of ether oxygens (including phenoxy) is 1. The monoisotopic (exact) mass is 268 g/mol. The molecular formula is C12H10Cl2N2O. The summed E-state index contributed by atoms with van der Waals surface area (Å²) in [6.07, 6.45) is 0. The highest BCUT2D eigenvalue weighted by Crippen LogP contribution is 2.28. The van der Waals surface area contributed by atoms with E-state index in [1.807, 2.05) is 12.1 Å². The summed E-state index contributed by atoms with van der Waals surface area (Å²) in [5, 5.41) is 1.05. The van der Waals surface area contributed by atoms with E-state index in [4.69, 9.17) is 33.7 Å². The van der Waals surface area contributed by atoms with E-state index in [-0.39, 0.29) is 6.54 Å². The van der Waals surface area contributed by atoms with Crippen molar-refractivity contribution in [2.45, 2.75) is 6.54 Å². The van der Waals surface area contributed by atoms with Gasteiger partial charge < -0.3 is 10.5 Å². The molecule has 0 spiro atoms. The van der Waals surface area contributed by atoms with Gasteiger partial charge in [0.15, 0.2) is 0 Å². The maximum Gasteiger partial charge on any atom is 0.219 e. The fourth-order valence-corrected chi connectivity index (χ4v) is 1.66. The Hall–Kier alpha value is -1.29. The molecule has 5 heteroatoms. The van der Waals surface area contributed by atoms with Gasteiger partial charge in [-0.15, -0.1) is 0 Å². The number of para-hydroxylation sites is 1. The molecule has 3 nitrogen and oxygen atoms in total. The Balaban J connectivity index is 2.28. The van der Waals surface area contributed by atoms with Crippen molar-refractivity contribution in [1.82, 2.24) is 4.98 Å². The Kier molecular flexibility index (Phi) is 3.84. The van der Waals surface area contributed by atoms with Gasteiger partial charge in [0.2, 0.25) is 5.88 Å². The molecule has 0 saturated heterocycles. The molecule has 2 N–H and O–H groups in total. The second-order valence-corrected chi connectivity index (χ2v) is 4.13. The minimum atomic E-state index is 0.262. The first-order valence-corrected chi connectivity index (χ1v) is 5.74. The molecule has 0 aliphatic carbocycles. The number of pyridine rings is 1. The molecule has 2 aromatic rings. The van der Waals surface area contributed by atoms with Crippen molar-refractivity contribution in [1.29, 1.82) is 0 Å². The average Bonchev–Trinajstić information content (AvgIpc) is 2.34. The summed E-state index contributed by atoms with van der Waals surface area (Å²) < 4.78 is 5.55. The van der Waals surface area contributed by atoms with Crippen LogP contribution in [-0.2, 0) is 6.54 Å². The number of halogens is 2. The summed E-state index contributed by atoms with van der Waals surface area (Å²) in [6, 6.07) is 10.5. The van der Waals surface area contributed by atoms with Crippen LogP contribution in [0.2, 0.25) is 10.0 Å². The van der Waals surface area contributed by atoms with Crippen LogP contribution in [0.4, 0.5) is 0 Å². The summed E-state index contributed by atoms with van der Waals surface area (Å²) in [7, 11) is 0. The smallest absolute Gasteiger partial charge is 0.219 e. The van der Waals surface area contributed by atoms with E-state index in [9.17, 15) is 0 Å². The number of aromatic nitrogens is 1. The van der Waals surface area contributed by atoms with Gasteiger partial charge in [0.25, 0.3) is 0 Å². The van der Waals surface area contributed by atoms with Gasteiger partial charge in [-0.25, -0.2) is 4.98 Å². The summed E-state index contributed by atoms with van der Waals surface area (Å²) in [5.41, 5.74) is 6.11. The summed E-state index contributed by atoms with van der Waals surface area (Å²) in [6.45, 7) is 0.262. The molecule has 0 atom stereocenters. The molecule has 17 heavy (non-hydrogen) atoms. The number of hydrogen-bond acceptors (Lipinski definition) is 3. The molecule has 0 aliphatic rings. The molecule has 0 radical (unpaired) electrons. The topological polar surface area (TPSA) is 48.1 Å². The molecule has 2 rings (SSSR count). The zero-order valence-electron chi connectivity index (χ0n) is 8.86. The van der Waals surface area contributed by atoms with Gasteiger partial charge in [0, 0.05) is 12.6 Å². The summed E-state index contributed by atoms with van der Waals surface area (Å²) in [4.78, 5) is 4.19. The number of nitrogens with zero attached hydrogens (tertiary/aromatic N) is 1. The fraction of sp³-hybridized carbons (Fsp3) is 0.0833. The molecule has 0 aliphatic heterocycles. The van der Waals surface area contributed by atoms with Crippen molar-refractivity contribution in [2.75, 3.05) is 0 Å².